The van der Waals surface area contributed by atoms with Crippen molar-refractivity contribution in [3.8, 4) is 17.2 Å². The van der Waals surface area contributed by atoms with Gasteiger partial charge in [0.25, 0.3) is 5.91 Å². The van der Waals surface area contributed by atoms with Gasteiger partial charge in [-0.1, -0.05) is 24.8 Å². The summed E-state index contributed by atoms with van der Waals surface area (Å²) in [6.45, 7) is 6.33. The maximum Gasteiger partial charge on any atom is 0.251 e. The van der Waals surface area contributed by atoms with Crippen LogP contribution in [0.3, 0.4) is 0 Å². The lowest BCUT2D eigenvalue weighted by Gasteiger charge is -2.30. The summed E-state index contributed by atoms with van der Waals surface area (Å²) < 4.78 is 17.0. The number of para-hydroxylation sites is 2. The van der Waals surface area contributed by atoms with Gasteiger partial charge >= 0.3 is 0 Å². The average molecular weight is 339 g/mol. The van der Waals surface area contributed by atoms with Crippen molar-refractivity contribution in [2.45, 2.75) is 19.1 Å². The fourth-order valence-corrected chi connectivity index (χ4v) is 2.52. The van der Waals surface area contributed by atoms with Crippen molar-refractivity contribution >= 4 is 5.91 Å². The summed E-state index contributed by atoms with van der Waals surface area (Å²) in [7, 11) is 0. The maximum atomic E-state index is 12.4. The van der Waals surface area contributed by atoms with Gasteiger partial charge in [-0.25, -0.2) is 0 Å². The molecule has 1 aliphatic heterocycles. The van der Waals surface area contributed by atoms with Crippen LogP contribution in [-0.2, 0) is 0 Å². The van der Waals surface area contributed by atoms with E-state index in [0.717, 1.165) is 5.75 Å². The number of amides is 1. The molecule has 1 N–H and O–H groups in total. The Balaban J connectivity index is 1.58. The monoisotopic (exact) mass is 339 g/mol. The maximum absolute atomic E-state index is 12.4. The first kappa shape index (κ1) is 16.9. The third kappa shape index (κ3) is 4.12. The Morgan fingerprint density at radius 3 is 2.72 bits per heavy atom. The standard InChI is InChI=1S/C20H21NO4/c1-3-12-23-16-10-8-15(9-11-16)20(22)21-14(2)19-13-24-17-6-4-5-7-18(17)25-19/h3-11,14,19H,1,12-13H2,2H3,(H,21,22). The highest BCUT2D eigenvalue weighted by atomic mass is 16.6. The summed E-state index contributed by atoms with van der Waals surface area (Å²) in [5.41, 5.74) is 0.565. The minimum atomic E-state index is -0.242. The molecule has 0 bridgehead atoms. The van der Waals surface area contributed by atoms with Gasteiger partial charge in [0.05, 0.1) is 6.04 Å². The van der Waals surface area contributed by atoms with Crippen LogP contribution in [0.5, 0.6) is 17.2 Å². The molecule has 2 atom stereocenters. The van der Waals surface area contributed by atoms with E-state index in [0.29, 0.717) is 30.3 Å². The van der Waals surface area contributed by atoms with E-state index in [4.69, 9.17) is 14.2 Å². The second kappa shape index (κ2) is 7.75. The second-order valence-electron chi connectivity index (χ2n) is 5.80. The number of nitrogens with one attached hydrogen (secondary N) is 1. The van der Waals surface area contributed by atoms with Gasteiger partial charge in [-0.2, -0.15) is 0 Å². The molecule has 5 nitrogen and oxygen atoms in total. The molecule has 1 aliphatic rings. The summed E-state index contributed by atoms with van der Waals surface area (Å²) in [4.78, 5) is 12.4. The highest BCUT2D eigenvalue weighted by Gasteiger charge is 2.27. The van der Waals surface area contributed by atoms with E-state index in [1.807, 2.05) is 31.2 Å². The topological polar surface area (TPSA) is 56.8 Å². The van der Waals surface area contributed by atoms with Crippen LogP contribution < -0.4 is 19.5 Å². The van der Waals surface area contributed by atoms with E-state index in [1.165, 1.54) is 0 Å². The van der Waals surface area contributed by atoms with E-state index < -0.39 is 0 Å². The fraction of sp³-hybridized carbons (Fsp3) is 0.250. The Kier molecular flexibility index (Phi) is 5.23. The zero-order chi connectivity index (χ0) is 17.6. The number of carbonyl (C=O) groups excluding carboxylic acids is 1. The van der Waals surface area contributed by atoms with Crippen molar-refractivity contribution in [1.82, 2.24) is 5.32 Å². The van der Waals surface area contributed by atoms with Gasteiger partial charge in [-0.15, -0.1) is 0 Å². The van der Waals surface area contributed by atoms with E-state index >= 15 is 0 Å². The number of rotatable bonds is 6. The molecule has 0 spiro atoms. The number of carbonyl (C=O) groups is 1. The fourth-order valence-electron chi connectivity index (χ4n) is 2.52. The molecule has 0 saturated heterocycles. The van der Waals surface area contributed by atoms with Crippen LogP contribution in [0.15, 0.2) is 61.2 Å². The molecule has 0 aromatic heterocycles. The van der Waals surface area contributed by atoms with Crippen LogP contribution in [0.4, 0.5) is 0 Å². The Morgan fingerprint density at radius 1 is 1.28 bits per heavy atom. The molecule has 2 aromatic rings. The number of benzene rings is 2. The van der Waals surface area contributed by atoms with Gasteiger partial charge < -0.3 is 19.5 Å². The van der Waals surface area contributed by atoms with Gasteiger partial charge in [0, 0.05) is 5.56 Å². The summed E-state index contributed by atoms with van der Waals surface area (Å²) in [5.74, 6) is 1.96. The van der Waals surface area contributed by atoms with Crippen molar-refractivity contribution < 1.29 is 19.0 Å². The zero-order valence-electron chi connectivity index (χ0n) is 14.1. The highest BCUT2D eigenvalue weighted by Crippen LogP contribution is 2.31. The molecular weight excluding hydrogens is 318 g/mol. The average Bonchev–Trinajstić information content (AvgIpc) is 2.66. The molecule has 3 rings (SSSR count). The van der Waals surface area contributed by atoms with E-state index in [2.05, 4.69) is 11.9 Å². The van der Waals surface area contributed by atoms with E-state index in [1.54, 1.807) is 30.3 Å². The number of ether oxygens (including phenoxy) is 3. The van der Waals surface area contributed by atoms with Gasteiger partial charge in [-0.3, -0.25) is 4.79 Å². The molecule has 25 heavy (non-hydrogen) atoms. The molecule has 0 saturated carbocycles. The predicted molar refractivity (Wildman–Crippen MR) is 95.4 cm³/mol. The lowest BCUT2D eigenvalue weighted by atomic mass is 10.1. The quantitative estimate of drug-likeness (QED) is 0.821. The van der Waals surface area contributed by atoms with Crippen LogP contribution in [-0.4, -0.2) is 31.3 Å². The van der Waals surface area contributed by atoms with Crippen molar-refractivity contribution in [3.63, 3.8) is 0 Å². The molecule has 130 valence electrons. The molecule has 2 unspecified atom stereocenters. The van der Waals surface area contributed by atoms with Gasteiger partial charge in [0.15, 0.2) is 17.6 Å². The summed E-state index contributed by atoms with van der Waals surface area (Å²) >= 11 is 0. The van der Waals surface area contributed by atoms with Crippen LogP contribution in [0, 0.1) is 0 Å². The Hall–Kier alpha value is -2.95. The third-order valence-electron chi connectivity index (χ3n) is 3.93. The van der Waals surface area contributed by atoms with Gasteiger partial charge in [0.1, 0.15) is 19.0 Å². The summed E-state index contributed by atoms with van der Waals surface area (Å²) in [5, 5.41) is 2.96. The zero-order valence-corrected chi connectivity index (χ0v) is 14.1. The normalized spacial score (nSPS) is 16.6. The van der Waals surface area contributed by atoms with Gasteiger partial charge in [0.2, 0.25) is 0 Å². The number of hydrogen-bond acceptors (Lipinski definition) is 4. The molecule has 2 aromatic carbocycles. The second-order valence-corrected chi connectivity index (χ2v) is 5.80. The van der Waals surface area contributed by atoms with E-state index in [9.17, 15) is 4.79 Å². The minimum absolute atomic E-state index is 0.162. The SMILES string of the molecule is C=CCOc1ccc(C(=O)NC(C)C2COc3ccccc3O2)cc1. The van der Waals surface area contributed by atoms with Crippen molar-refractivity contribution in [2.75, 3.05) is 13.2 Å². The van der Waals surface area contributed by atoms with Crippen LogP contribution >= 0.6 is 0 Å². The molecule has 0 radical (unpaired) electrons. The molecule has 1 heterocycles. The molecular formula is C20H21NO4. The number of fused-ring (bicyclic) bond motifs is 1. The smallest absolute Gasteiger partial charge is 0.251 e. The van der Waals surface area contributed by atoms with Crippen LogP contribution in [0.25, 0.3) is 0 Å². The van der Waals surface area contributed by atoms with Gasteiger partial charge in [-0.05, 0) is 43.3 Å². The molecule has 0 fully saturated rings. The third-order valence-corrected chi connectivity index (χ3v) is 3.93. The summed E-state index contributed by atoms with van der Waals surface area (Å²) in [6.07, 6.45) is 1.43. The largest absolute Gasteiger partial charge is 0.490 e. The molecule has 1 amide bonds. The summed E-state index contributed by atoms with van der Waals surface area (Å²) in [6, 6.07) is 14.3. The van der Waals surface area contributed by atoms with E-state index in [-0.39, 0.29) is 18.1 Å². The Labute approximate surface area is 147 Å². The first-order chi connectivity index (χ1) is 12.2. The van der Waals surface area contributed by atoms with Crippen molar-refractivity contribution in [3.05, 3.63) is 66.7 Å². The van der Waals surface area contributed by atoms with Crippen LogP contribution in [0.2, 0.25) is 0 Å². The van der Waals surface area contributed by atoms with Crippen molar-refractivity contribution in [2.24, 2.45) is 0 Å². The highest BCUT2D eigenvalue weighted by molar-refractivity contribution is 5.94. The molecule has 0 aliphatic carbocycles. The first-order valence-electron chi connectivity index (χ1n) is 8.20. The minimum Gasteiger partial charge on any atom is -0.490 e. The molecule has 5 heteroatoms. The number of hydrogen-bond donors (Lipinski definition) is 1. The lowest BCUT2D eigenvalue weighted by Crippen LogP contribution is -2.48. The predicted octanol–water partition coefficient (Wildman–Crippen LogP) is 3.21. The van der Waals surface area contributed by atoms with Crippen molar-refractivity contribution in [1.29, 1.82) is 0 Å². The van der Waals surface area contributed by atoms with Crippen LogP contribution in [0.1, 0.15) is 17.3 Å². The first-order valence-corrected chi connectivity index (χ1v) is 8.20. The Bertz CT molecular complexity index is 742. The lowest BCUT2D eigenvalue weighted by molar-refractivity contribution is 0.0606. The Morgan fingerprint density at radius 2 is 2.00 bits per heavy atom.